The van der Waals surface area contributed by atoms with Crippen molar-refractivity contribution in [1.82, 2.24) is 9.38 Å². The largest absolute Gasteiger partial charge is 0.496 e. The summed E-state index contributed by atoms with van der Waals surface area (Å²) in [5, 5.41) is 3.02. The highest BCUT2D eigenvalue weighted by Gasteiger charge is 2.24. The molecule has 2 aromatic carbocycles. The third-order valence-corrected chi connectivity index (χ3v) is 5.29. The van der Waals surface area contributed by atoms with Crippen LogP contribution >= 0.6 is 0 Å². The number of nitrogens with one attached hydrogen (secondary N) is 1. The minimum atomic E-state index is -0.204. The van der Waals surface area contributed by atoms with E-state index in [9.17, 15) is 4.79 Å². The van der Waals surface area contributed by atoms with Crippen LogP contribution in [-0.4, -0.2) is 22.4 Å². The fourth-order valence-corrected chi connectivity index (χ4v) is 3.72. The number of aromatic nitrogens is 2. The van der Waals surface area contributed by atoms with Gasteiger partial charge in [0.2, 0.25) is 5.91 Å². The zero-order valence-corrected chi connectivity index (χ0v) is 17.4. The van der Waals surface area contributed by atoms with E-state index < -0.39 is 0 Å². The number of carbonyl (C=O) groups excluding carboxylic acids is 1. The Hall–Kier alpha value is -3.60. The van der Waals surface area contributed by atoms with Crippen molar-refractivity contribution in [3.05, 3.63) is 95.4 Å². The van der Waals surface area contributed by atoms with Gasteiger partial charge in [0.05, 0.1) is 12.8 Å². The Morgan fingerprint density at radius 2 is 1.83 bits per heavy atom. The van der Waals surface area contributed by atoms with Gasteiger partial charge in [-0.2, -0.15) is 0 Å². The SMILES string of the molecule is COc1ccccc1C(CC(=O)Nc1ccc(C)cc1)c1cnc2cc(C)ccn12. The molecule has 0 aliphatic rings. The summed E-state index contributed by atoms with van der Waals surface area (Å²) >= 11 is 0. The predicted molar refractivity (Wildman–Crippen MR) is 119 cm³/mol. The van der Waals surface area contributed by atoms with E-state index in [1.54, 1.807) is 7.11 Å². The van der Waals surface area contributed by atoms with Gasteiger partial charge >= 0.3 is 0 Å². The average molecular weight is 399 g/mol. The molecule has 0 aliphatic heterocycles. The molecule has 5 nitrogen and oxygen atoms in total. The first-order chi connectivity index (χ1) is 14.5. The Labute approximate surface area is 176 Å². The van der Waals surface area contributed by atoms with Crippen molar-refractivity contribution in [2.24, 2.45) is 0 Å². The smallest absolute Gasteiger partial charge is 0.225 e. The number of pyridine rings is 1. The maximum Gasteiger partial charge on any atom is 0.225 e. The summed E-state index contributed by atoms with van der Waals surface area (Å²) in [6.07, 6.45) is 4.13. The Morgan fingerprint density at radius 1 is 1.07 bits per heavy atom. The number of hydrogen-bond donors (Lipinski definition) is 1. The number of nitrogens with zero attached hydrogens (tertiary/aromatic N) is 2. The van der Waals surface area contributed by atoms with E-state index in [0.29, 0.717) is 0 Å². The normalized spacial score (nSPS) is 12.0. The first-order valence-electron chi connectivity index (χ1n) is 9.98. The quantitative estimate of drug-likeness (QED) is 0.490. The van der Waals surface area contributed by atoms with E-state index in [1.807, 2.05) is 91.3 Å². The molecular weight excluding hydrogens is 374 g/mol. The molecule has 152 valence electrons. The number of para-hydroxylation sites is 1. The number of ether oxygens (including phenoxy) is 1. The molecule has 4 rings (SSSR count). The maximum atomic E-state index is 13.0. The third kappa shape index (κ3) is 4.06. The second-order valence-corrected chi connectivity index (χ2v) is 7.53. The molecule has 4 aromatic rings. The second-order valence-electron chi connectivity index (χ2n) is 7.53. The molecule has 0 saturated heterocycles. The molecule has 1 amide bonds. The molecule has 5 heteroatoms. The summed E-state index contributed by atoms with van der Waals surface area (Å²) in [6.45, 7) is 4.07. The van der Waals surface area contributed by atoms with Gasteiger partial charge in [0.25, 0.3) is 0 Å². The van der Waals surface area contributed by atoms with Crippen LogP contribution in [0.5, 0.6) is 5.75 Å². The minimum absolute atomic E-state index is 0.0585. The van der Waals surface area contributed by atoms with Crippen molar-refractivity contribution >= 4 is 17.2 Å². The van der Waals surface area contributed by atoms with Gasteiger partial charge < -0.3 is 14.5 Å². The van der Waals surface area contributed by atoms with Crippen molar-refractivity contribution in [3.63, 3.8) is 0 Å². The average Bonchev–Trinajstić information content (AvgIpc) is 3.16. The molecule has 0 aliphatic carbocycles. The van der Waals surface area contributed by atoms with Crippen molar-refractivity contribution < 1.29 is 9.53 Å². The van der Waals surface area contributed by atoms with Gasteiger partial charge in [0, 0.05) is 36.0 Å². The van der Waals surface area contributed by atoms with E-state index >= 15 is 0 Å². The lowest BCUT2D eigenvalue weighted by Gasteiger charge is -2.20. The summed E-state index contributed by atoms with van der Waals surface area (Å²) in [4.78, 5) is 17.6. The summed E-state index contributed by atoms with van der Waals surface area (Å²) in [5.74, 6) is 0.494. The van der Waals surface area contributed by atoms with Crippen LogP contribution in [0.2, 0.25) is 0 Å². The van der Waals surface area contributed by atoms with Crippen LogP contribution in [0.15, 0.2) is 73.1 Å². The number of methoxy groups -OCH3 is 1. The highest BCUT2D eigenvalue weighted by atomic mass is 16.5. The number of anilines is 1. The number of amides is 1. The van der Waals surface area contributed by atoms with Gasteiger partial charge in [-0.3, -0.25) is 4.79 Å². The summed E-state index contributed by atoms with van der Waals surface area (Å²) in [5.41, 5.74) is 5.86. The van der Waals surface area contributed by atoms with E-state index in [4.69, 9.17) is 4.74 Å². The van der Waals surface area contributed by atoms with E-state index in [-0.39, 0.29) is 18.2 Å². The van der Waals surface area contributed by atoms with E-state index in [0.717, 1.165) is 39.5 Å². The topological polar surface area (TPSA) is 55.6 Å². The molecule has 0 radical (unpaired) electrons. The molecule has 0 bridgehead atoms. The van der Waals surface area contributed by atoms with Crippen LogP contribution < -0.4 is 10.1 Å². The molecule has 30 heavy (non-hydrogen) atoms. The van der Waals surface area contributed by atoms with Crippen molar-refractivity contribution in [1.29, 1.82) is 0 Å². The highest BCUT2D eigenvalue weighted by Crippen LogP contribution is 2.35. The van der Waals surface area contributed by atoms with Gasteiger partial charge in [-0.15, -0.1) is 0 Å². The number of rotatable bonds is 6. The summed E-state index contributed by atoms with van der Waals surface area (Å²) in [6, 6.07) is 19.7. The first kappa shape index (κ1) is 19.7. The first-order valence-corrected chi connectivity index (χ1v) is 9.98. The fourth-order valence-electron chi connectivity index (χ4n) is 3.72. The van der Waals surface area contributed by atoms with E-state index in [2.05, 4.69) is 10.3 Å². The van der Waals surface area contributed by atoms with Crippen LogP contribution in [0, 0.1) is 13.8 Å². The minimum Gasteiger partial charge on any atom is -0.496 e. The monoisotopic (exact) mass is 399 g/mol. The molecule has 2 aromatic heterocycles. The predicted octanol–water partition coefficient (Wildman–Crippen LogP) is 5.12. The summed E-state index contributed by atoms with van der Waals surface area (Å²) in [7, 11) is 1.65. The lowest BCUT2D eigenvalue weighted by Crippen LogP contribution is -2.18. The van der Waals surface area contributed by atoms with E-state index in [1.165, 1.54) is 0 Å². The Morgan fingerprint density at radius 3 is 2.60 bits per heavy atom. The molecule has 0 spiro atoms. The van der Waals surface area contributed by atoms with Gasteiger partial charge in [-0.25, -0.2) is 4.98 Å². The van der Waals surface area contributed by atoms with Crippen LogP contribution in [0.25, 0.3) is 5.65 Å². The number of benzene rings is 2. The number of fused-ring (bicyclic) bond motifs is 1. The van der Waals surface area contributed by atoms with Crippen molar-refractivity contribution in [2.45, 2.75) is 26.2 Å². The van der Waals surface area contributed by atoms with Crippen molar-refractivity contribution in [3.8, 4) is 5.75 Å². The Balaban J connectivity index is 1.71. The van der Waals surface area contributed by atoms with Gasteiger partial charge in [0.15, 0.2) is 0 Å². The van der Waals surface area contributed by atoms with Crippen LogP contribution in [0.4, 0.5) is 5.69 Å². The number of aryl methyl sites for hydroxylation is 2. The van der Waals surface area contributed by atoms with Crippen LogP contribution in [0.1, 0.15) is 34.7 Å². The zero-order chi connectivity index (χ0) is 21.1. The van der Waals surface area contributed by atoms with Gasteiger partial charge in [-0.1, -0.05) is 35.9 Å². The lowest BCUT2D eigenvalue weighted by molar-refractivity contribution is -0.116. The van der Waals surface area contributed by atoms with Gasteiger partial charge in [-0.05, 0) is 49.7 Å². The molecule has 2 heterocycles. The highest BCUT2D eigenvalue weighted by molar-refractivity contribution is 5.91. The lowest BCUT2D eigenvalue weighted by atomic mass is 9.91. The number of imidazole rings is 1. The Kier molecular flexibility index (Phi) is 5.53. The second kappa shape index (κ2) is 8.41. The zero-order valence-electron chi connectivity index (χ0n) is 17.4. The van der Waals surface area contributed by atoms with Gasteiger partial charge in [0.1, 0.15) is 11.4 Å². The molecule has 0 fully saturated rings. The third-order valence-electron chi connectivity index (χ3n) is 5.29. The molecule has 0 saturated carbocycles. The van der Waals surface area contributed by atoms with Crippen LogP contribution in [-0.2, 0) is 4.79 Å². The summed E-state index contributed by atoms with van der Waals surface area (Å²) < 4.78 is 7.65. The molecule has 1 atom stereocenters. The molecule has 1 unspecified atom stereocenters. The number of carbonyl (C=O) groups is 1. The standard InChI is InChI=1S/C25H25N3O2/c1-17-8-10-19(11-9-17)27-25(29)15-21(20-6-4-5-7-23(20)30-3)22-16-26-24-14-18(2)12-13-28(22)24/h4-14,16,21H,15H2,1-3H3,(H,27,29). The maximum absolute atomic E-state index is 13.0. The molecule has 1 N–H and O–H groups in total. The van der Waals surface area contributed by atoms with Crippen molar-refractivity contribution in [2.75, 3.05) is 12.4 Å². The fraction of sp³-hybridized carbons (Fsp3) is 0.200. The van der Waals surface area contributed by atoms with Crippen LogP contribution in [0.3, 0.4) is 0 Å². The molecular formula is C25H25N3O2. The number of hydrogen-bond acceptors (Lipinski definition) is 3. The Bertz CT molecular complexity index is 1180.